The standard InChI is InChI=1S/C19H21F3N2O5/c1-11-7-15(13(3)23(11)12(2)9-28-4)17(25)10-29-18-6-5-14(24(26)27)8-16(18)19(20,21)22/h5-8,12H,9-10H2,1-4H3. The quantitative estimate of drug-likeness (QED) is 0.361. The Hall–Kier alpha value is -2.88. The third-order valence-electron chi connectivity index (χ3n) is 4.47. The topological polar surface area (TPSA) is 83.6 Å². The van der Waals surface area contributed by atoms with E-state index in [9.17, 15) is 28.1 Å². The molecule has 7 nitrogen and oxygen atoms in total. The first-order valence-corrected chi connectivity index (χ1v) is 8.66. The summed E-state index contributed by atoms with van der Waals surface area (Å²) in [5, 5.41) is 10.7. The molecule has 1 unspecified atom stereocenters. The number of aromatic nitrogens is 1. The maximum Gasteiger partial charge on any atom is 0.420 e. The third-order valence-corrected chi connectivity index (χ3v) is 4.47. The molecule has 1 atom stereocenters. The van der Waals surface area contributed by atoms with E-state index in [0.717, 1.165) is 17.8 Å². The van der Waals surface area contributed by atoms with Gasteiger partial charge >= 0.3 is 6.18 Å². The molecule has 1 aromatic carbocycles. The number of nitrogens with zero attached hydrogens (tertiary/aromatic N) is 2. The van der Waals surface area contributed by atoms with E-state index in [2.05, 4.69) is 0 Å². The molecular formula is C19H21F3N2O5. The highest BCUT2D eigenvalue weighted by molar-refractivity contribution is 5.98. The van der Waals surface area contributed by atoms with Crippen molar-refractivity contribution in [2.75, 3.05) is 20.3 Å². The zero-order valence-corrected chi connectivity index (χ0v) is 16.4. The summed E-state index contributed by atoms with van der Waals surface area (Å²) in [4.78, 5) is 22.4. The number of hydrogen-bond acceptors (Lipinski definition) is 5. The Morgan fingerprint density at radius 3 is 2.48 bits per heavy atom. The van der Waals surface area contributed by atoms with Gasteiger partial charge in [-0.25, -0.2) is 0 Å². The second-order valence-electron chi connectivity index (χ2n) is 6.61. The van der Waals surface area contributed by atoms with Crippen LogP contribution in [0.4, 0.5) is 18.9 Å². The summed E-state index contributed by atoms with van der Waals surface area (Å²) in [7, 11) is 1.56. The van der Waals surface area contributed by atoms with Crippen LogP contribution in [-0.2, 0) is 10.9 Å². The fourth-order valence-electron chi connectivity index (χ4n) is 3.25. The Labute approximate surface area is 165 Å². The predicted octanol–water partition coefficient (Wildman–Crippen LogP) is 4.50. The van der Waals surface area contributed by atoms with Crippen LogP contribution in [-0.4, -0.2) is 35.6 Å². The molecule has 0 radical (unpaired) electrons. The number of halogens is 3. The molecular weight excluding hydrogens is 393 g/mol. The summed E-state index contributed by atoms with van der Waals surface area (Å²) in [6.07, 6.45) is -4.87. The molecule has 0 amide bonds. The van der Waals surface area contributed by atoms with Crippen LogP contribution in [0, 0.1) is 24.0 Å². The number of hydrogen-bond donors (Lipinski definition) is 0. The van der Waals surface area contributed by atoms with Gasteiger partial charge in [-0.05, 0) is 32.9 Å². The minimum atomic E-state index is -4.87. The minimum absolute atomic E-state index is 0.0334. The van der Waals surface area contributed by atoms with E-state index in [4.69, 9.17) is 9.47 Å². The molecule has 0 spiro atoms. The van der Waals surface area contributed by atoms with Gasteiger partial charge in [0.05, 0.1) is 17.6 Å². The average Bonchev–Trinajstić information content (AvgIpc) is 2.93. The minimum Gasteiger partial charge on any atom is -0.485 e. The predicted molar refractivity (Wildman–Crippen MR) is 98.4 cm³/mol. The van der Waals surface area contributed by atoms with Gasteiger partial charge in [-0.1, -0.05) is 0 Å². The van der Waals surface area contributed by atoms with Gasteiger partial charge in [0.15, 0.2) is 6.61 Å². The lowest BCUT2D eigenvalue weighted by molar-refractivity contribution is -0.385. The largest absolute Gasteiger partial charge is 0.485 e. The zero-order valence-electron chi connectivity index (χ0n) is 16.4. The molecule has 158 valence electrons. The van der Waals surface area contributed by atoms with Gasteiger partial charge in [0, 0.05) is 36.2 Å². The van der Waals surface area contributed by atoms with E-state index in [1.165, 1.54) is 0 Å². The number of nitro groups is 1. The Kier molecular flexibility index (Phi) is 6.68. The van der Waals surface area contributed by atoms with Crippen LogP contribution in [0.15, 0.2) is 24.3 Å². The summed E-state index contributed by atoms with van der Waals surface area (Å²) < 4.78 is 51.8. The number of carbonyl (C=O) groups is 1. The van der Waals surface area contributed by atoms with E-state index < -0.39 is 40.5 Å². The molecule has 0 aliphatic heterocycles. The Morgan fingerprint density at radius 2 is 1.93 bits per heavy atom. The fraction of sp³-hybridized carbons (Fsp3) is 0.421. The van der Waals surface area contributed by atoms with Crippen LogP contribution in [0.5, 0.6) is 5.75 Å². The molecule has 0 saturated carbocycles. The SMILES string of the molecule is COCC(C)n1c(C)cc(C(=O)COc2ccc([N+](=O)[O-])cc2C(F)(F)F)c1C. The van der Waals surface area contributed by atoms with E-state index in [-0.39, 0.29) is 6.04 Å². The molecule has 1 aromatic heterocycles. The molecule has 0 aliphatic rings. The summed E-state index contributed by atoms with van der Waals surface area (Å²) in [5.41, 5.74) is -0.228. The van der Waals surface area contributed by atoms with Crippen LogP contribution >= 0.6 is 0 Å². The molecule has 2 aromatic rings. The molecule has 0 bridgehead atoms. The van der Waals surface area contributed by atoms with Crippen molar-refractivity contribution in [1.29, 1.82) is 0 Å². The molecule has 0 saturated heterocycles. The second-order valence-corrected chi connectivity index (χ2v) is 6.61. The van der Waals surface area contributed by atoms with Crippen molar-refractivity contribution in [2.45, 2.75) is 33.0 Å². The number of ketones is 1. The summed E-state index contributed by atoms with van der Waals surface area (Å²) in [6.45, 7) is 5.26. The molecule has 1 heterocycles. The molecule has 10 heteroatoms. The highest BCUT2D eigenvalue weighted by atomic mass is 19.4. The van der Waals surface area contributed by atoms with E-state index in [1.807, 2.05) is 18.4 Å². The normalized spacial score (nSPS) is 12.7. The number of ether oxygens (including phenoxy) is 2. The summed E-state index contributed by atoms with van der Waals surface area (Å²) >= 11 is 0. The second kappa shape index (κ2) is 8.64. The van der Waals surface area contributed by atoms with E-state index in [0.29, 0.717) is 23.9 Å². The molecule has 0 aliphatic carbocycles. The van der Waals surface area contributed by atoms with Crippen LogP contribution in [0.1, 0.15) is 40.3 Å². The molecule has 0 fully saturated rings. The van der Waals surface area contributed by atoms with Gasteiger partial charge in [0.25, 0.3) is 5.69 Å². The Balaban J connectivity index is 2.26. The first kappa shape index (κ1) is 22.4. The van der Waals surface area contributed by atoms with Crippen LogP contribution < -0.4 is 4.74 Å². The van der Waals surface area contributed by atoms with Crippen molar-refractivity contribution in [2.24, 2.45) is 0 Å². The first-order chi connectivity index (χ1) is 13.5. The number of carbonyl (C=O) groups excluding carboxylic acids is 1. The van der Waals surface area contributed by atoms with Crippen molar-refractivity contribution in [3.63, 3.8) is 0 Å². The Bertz CT molecular complexity index is 921. The zero-order chi connectivity index (χ0) is 21.9. The van der Waals surface area contributed by atoms with Crippen molar-refractivity contribution < 1.29 is 32.4 Å². The lowest BCUT2D eigenvalue weighted by atomic mass is 10.1. The Morgan fingerprint density at radius 1 is 1.28 bits per heavy atom. The molecule has 0 N–H and O–H groups in total. The van der Waals surface area contributed by atoms with E-state index in [1.54, 1.807) is 20.1 Å². The van der Waals surface area contributed by atoms with Crippen molar-refractivity contribution >= 4 is 11.5 Å². The number of aryl methyl sites for hydroxylation is 1. The average molecular weight is 414 g/mol. The maximum atomic E-state index is 13.2. The van der Waals surface area contributed by atoms with Crippen molar-refractivity contribution in [3.8, 4) is 5.75 Å². The number of methoxy groups -OCH3 is 1. The summed E-state index contributed by atoms with van der Waals surface area (Å²) in [5.74, 6) is -1.14. The number of non-ortho nitro benzene ring substituents is 1. The van der Waals surface area contributed by atoms with Gasteiger partial charge in [0.2, 0.25) is 5.78 Å². The monoisotopic (exact) mass is 414 g/mol. The van der Waals surface area contributed by atoms with Crippen LogP contribution in [0.2, 0.25) is 0 Å². The van der Waals surface area contributed by atoms with Crippen LogP contribution in [0.25, 0.3) is 0 Å². The van der Waals surface area contributed by atoms with Gasteiger partial charge in [-0.3, -0.25) is 14.9 Å². The lowest BCUT2D eigenvalue weighted by Crippen LogP contribution is -2.17. The van der Waals surface area contributed by atoms with Crippen LogP contribution in [0.3, 0.4) is 0 Å². The number of alkyl halides is 3. The van der Waals surface area contributed by atoms with Crippen molar-refractivity contribution in [3.05, 3.63) is 56.9 Å². The fourth-order valence-corrected chi connectivity index (χ4v) is 3.25. The number of nitro benzene ring substituents is 1. The van der Waals surface area contributed by atoms with Gasteiger partial charge in [-0.15, -0.1) is 0 Å². The molecule has 2 rings (SSSR count). The van der Waals surface area contributed by atoms with Gasteiger partial charge < -0.3 is 14.0 Å². The highest BCUT2D eigenvalue weighted by Crippen LogP contribution is 2.38. The summed E-state index contributed by atoms with van der Waals surface area (Å²) in [6, 6.07) is 3.74. The first-order valence-electron chi connectivity index (χ1n) is 8.66. The number of benzene rings is 1. The number of rotatable bonds is 8. The van der Waals surface area contributed by atoms with Crippen molar-refractivity contribution in [1.82, 2.24) is 4.57 Å². The maximum absolute atomic E-state index is 13.2. The van der Waals surface area contributed by atoms with Gasteiger partial charge in [-0.2, -0.15) is 13.2 Å². The number of Topliss-reactive ketones (excluding diaryl/α,β-unsaturated/α-hetero) is 1. The molecule has 29 heavy (non-hydrogen) atoms. The highest BCUT2D eigenvalue weighted by Gasteiger charge is 2.36. The van der Waals surface area contributed by atoms with E-state index >= 15 is 0 Å². The smallest absolute Gasteiger partial charge is 0.420 e. The van der Waals surface area contributed by atoms with Gasteiger partial charge in [0.1, 0.15) is 11.3 Å². The lowest BCUT2D eigenvalue weighted by Gasteiger charge is -2.17. The third kappa shape index (κ3) is 4.94.